The maximum atomic E-state index is 12.1. The minimum Gasteiger partial charge on any atom is -0.368 e. The summed E-state index contributed by atoms with van der Waals surface area (Å²) in [5.41, 5.74) is 5.67. The van der Waals surface area contributed by atoms with Gasteiger partial charge in [0.15, 0.2) is 0 Å². The molecular weight excluding hydrogens is 258 g/mol. The smallest absolute Gasteiger partial charge is 0.242 e. The fraction of sp³-hybridized carbons (Fsp3) is 0.667. The Morgan fingerprint density at radius 1 is 1.05 bits per heavy atom. The van der Waals surface area contributed by atoms with Crippen LogP contribution in [0.25, 0.3) is 0 Å². The number of likely N-dealkylation sites (N-methyl/N-ethyl adjacent to an activating group) is 2. The van der Waals surface area contributed by atoms with E-state index in [1.807, 2.05) is 27.9 Å². The Morgan fingerprint density at radius 3 is 2.10 bits per heavy atom. The lowest BCUT2D eigenvalue weighted by Crippen LogP contribution is -2.39. The second-order valence-corrected chi connectivity index (χ2v) is 4.61. The van der Waals surface area contributed by atoms with Gasteiger partial charge in [0.25, 0.3) is 0 Å². The summed E-state index contributed by atoms with van der Waals surface area (Å²) in [6.45, 7) is 5.48. The number of aromatic nitrogens is 3. The molecule has 0 bridgehead atoms. The van der Waals surface area contributed by atoms with E-state index in [0.29, 0.717) is 25.0 Å². The highest BCUT2D eigenvalue weighted by Crippen LogP contribution is 2.12. The lowest BCUT2D eigenvalue weighted by molar-refractivity contribution is -0.129. The maximum Gasteiger partial charge on any atom is 0.242 e. The van der Waals surface area contributed by atoms with Gasteiger partial charge in [-0.1, -0.05) is 0 Å². The van der Waals surface area contributed by atoms with Crippen LogP contribution in [0.4, 0.5) is 17.8 Å². The van der Waals surface area contributed by atoms with E-state index < -0.39 is 0 Å². The Labute approximate surface area is 119 Å². The Morgan fingerprint density at radius 2 is 1.60 bits per heavy atom. The molecule has 20 heavy (non-hydrogen) atoms. The van der Waals surface area contributed by atoms with Crippen molar-refractivity contribution in [2.45, 2.75) is 13.8 Å². The maximum absolute atomic E-state index is 12.1. The van der Waals surface area contributed by atoms with Crippen LogP contribution in [-0.2, 0) is 4.79 Å². The summed E-state index contributed by atoms with van der Waals surface area (Å²) in [6.07, 6.45) is 0. The van der Waals surface area contributed by atoms with Crippen LogP contribution in [0.15, 0.2) is 0 Å². The van der Waals surface area contributed by atoms with E-state index >= 15 is 0 Å². The van der Waals surface area contributed by atoms with Crippen LogP contribution >= 0.6 is 0 Å². The van der Waals surface area contributed by atoms with Crippen molar-refractivity contribution in [3.05, 3.63) is 0 Å². The van der Waals surface area contributed by atoms with E-state index in [4.69, 9.17) is 5.73 Å². The molecule has 0 spiro atoms. The second kappa shape index (κ2) is 6.88. The molecule has 0 radical (unpaired) electrons. The molecule has 0 saturated heterocycles. The first-order chi connectivity index (χ1) is 9.38. The highest BCUT2D eigenvalue weighted by Gasteiger charge is 2.16. The van der Waals surface area contributed by atoms with Gasteiger partial charge >= 0.3 is 0 Å². The van der Waals surface area contributed by atoms with E-state index in [1.165, 1.54) is 0 Å². The molecule has 1 aromatic heterocycles. The van der Waals surface area contributed by atoms with Gasteiger partial charge in [0.05, 0.1) is 6.54 Å². The molecule has 1 aromatic rings. The molecule has 0 aliphatic rings. The first kappa shape index (κ1) is 15.9. The van der Waals surface area contributed by atoms with Crippen LogP contribution in [0, 0.1) is 0 Å². The summed E-state index contributed by atoms with van der Waals surface area (Å²) in [4.78, 5) is 29.6. The van der Waals surface area contributed by atoms with Crippen molar-refractivity contribution in [3.8, 4) is 0 Å². The second-order valence-electron chi connectivity index (χ2n) is 4.61. The molecule has 0 saturated carbocycles. The third-order valence-electron chi connectivity index (χ3n) is 2.86. The molecule has 0 aliphatic carbocycles. The van der Waals surface area contributed by atoms with Crippen LogP contribution in [0.1, 0.15) is 13.8 Å². The molecule has 0 fully saturated rings. The highest BCUT2D eigenvalue weighted by molar-refractivity contribution is 5.80. The molecule has 1 heterocycles. The third-order valence-corrected chi connectivity index (χ3v) is 2.86. The number of rotatable bonds is 6. The Bertz CT molecular complexity index is 459. The summed E-state index contributed by atoms with van der Waals surface area (Å²) in [6, 6.07) is 0. The zero-order chi connectivity index (χ0) is 15.3. The van der Waals surface area contributed by atoms with Gasteiger partial charge in [-0.25, -0.2) is 0 Å². The van der Waals surface area contributed by atoms with E-state index in [2.05, 4.69) is 15.0 Å². The topological polar surface area (TPSA) is 91.5 Å². The van der Waals surface area contributed by atoms with Gasteiger partial charge in [-0.2, -0.15) is 15.0 Å². The summed E-state index contributed by atoms with van der Waals surface area (Å²) in [7, 11) is 5.40. The minimum absolute atomic E-state index is 0.0305. The molecule has 0 aromatic carbocycles. The number of nitrogens with zero attached hydrogens (tertiary/aromatic N) is 6. The number of amides is 1. The van der Waals surface area contributed by atoms with Gasteiger partial charge in [0.2, 0.25) is 23.8 Å². The first-order valence-electron chi connectivity index (χ1n) is 6.56. The van der Waals surface area contributed by atoms with Gasteiger partial charge in [0, 0.05) is 34.2 Å². The summed E-state index contributed by atoms with van der Waals surface area (Å²) in [5, 5.41) is 0. The van der Waals surface area contributed by atoms with E-state index in [-0.39, 0.29) is 18.4 Å². The van der Waals surface area contributed by atoms with Crippen molar-refractivity contribution in [2.75, 3.05) is 56.3 Å². The highest BCUT2D eigenvalue weighted by atomic mass is 16.2. The lowest BCUT2D eigenvalue weighted by Gasteiger charge is -2.23. The van der Waals surface area contributed by atoms with Crippen LogP contribution in [0.2, 0.25) is 0 Å². The summed E-state index contributed by atoms with van der Waals surface area (Å²) >= 11 is 0. The van der Waals surface area contributed by atoms with Crippen LogP contribution in [0.3, 0.4) is 0 Å². The predicted molar refractivity (Wildman–Crippen MR) is 79.8 cm³/mol. The number of hydrogen-bond acceptors (Lipinski definition) is 7. The van der Waals surface area contributed by atoms with E-state index in [0.717, 1.165) is 0 Å². The van der Waals surface area contributed by atoms with Gasteiger partial charge < -0.3 is 20.4 Å². The molecule has 2 N–H and O–H groups in total. The fourth-order valence-electron chi connectivity index (χ4n) is 1.69. The molecule has 8 heteroatoms. The molecule has 8 nitrogen and oxygen atoms in total. The molecule has 1 rings (SSSR count). The molecular formula is C12H23N7O. The molecule has 0 unspecified atom stereocenters. The fourth-order valence-corrected chi connectivity index (χ4v) is 1.69. The van der Waals surface area contributed by atoms with E-state index in [1.54, 1.807) is 21.7 Å². The largest absolute Gasteiger partial charge is 0.368 e. The average molecular weight is 281 g/mol. The van der Waals surface area contributed by atoms with Crippen molar-refractivity contribution in [1.82, 2.24) is 19.9 Å². The van der Waals surface area contributed by atoms with E-state index in [9.17, 15) is 4.79 Å². The first-order valence-corrected chi connectivity index (χ1v) is 6.56. The van der Waals surface area contributed by atoms with Gasteiger partial charge in [-0.3, -0.25) is 4.79 Å². The molecule has 0 aliphatic heterocycles. The standard InChI is InChI=1S/C12H23N7O/c1-6-19(7-2)9(20)8-18(5)12-15-10(13)14-11(16-12)17(3)4/h6-8H2,1-5H3,(H2,13,14,15,16). The minimum atomic E-state index is 0.0305. The lowest BCUT2D eigenvalue weighted by atomic mass is 10.4. The van der Waals surface area contributed by atoms with Crippen LogP contribution in [0.5, 0.6) is 0 Å². The third kappa shape index (κ3) is 3.94. The number of hydrogen-bond donors (Lipinski definition) is 1. The molecule has 0 atom stereocenters. The van der Waals surface area contributed by atoms with Crippen LogP contribution < -0.4 is 15.5 Å². The van der Waals surface area contributed by atoms with Crippen molar-refractivity contribution in [1.29, 1.82) is 0 Å². The average Bonchev–Trinajstić information content (AvgIpc) is 2.39. The van der Waals surface area contributed by atoms with Crippen molar-refractivity contribution < 1.29 is 4.79 Å². The predicted octanol–water partition coefficient (Wildman–Crippen LogP) is -0.176. The monoisotopic (exact) mass is 281 g/mol. The SMILES string of the molecule is CCN(CC)C(=O)CN(C)c1nc(N)nc(N(C)C)n1. The summed E-state index contributed by atoms with van der Waals surface area (Å²) < 4.78 is 0. The Hall–Kier alpha value is -2.12. The van der Waals surface area contributed by atoms with Gasteiger partial charge in [-0.05, 0) is 13.8 Å². The molecule has 1 amide bonds. The molecule has 112 valence electrons. The van der Waals surface area contributed by atoms with Gasteiger partial charge in [-0.15, -0.1) is 0 Å². The zero-order valence-electron chi connectivity index (χ0n) is 12.8. The Kier molecular flexibility index (Phi) is 5.48. The number of carbonyl (C=O) groups is 1. The number of carbonyl (C=O) groups excluding carboxylic acids is 1. The Balaban J connectivity index is 2.87. The van der Waals surface area contributed by atoms with Crippen molar-refractivity contribution >= 4 is 23.8 Å². The number of nitrogens with two attached hydrogens (primary N) is 1. The van der Waals surface area contributed by atoms with Crippen molar-refractivity contribution in [2.24, 2.45) is 0 Å². The number of anilines is 3. The summed E-state index contributed by atoms with van der Waals surface area (Å²) in [5.74, 6) is 1.03. The number of nitrogen functional groups attached to an aromatic ring is 1. The van der Waals surface area contributed by atoms with Crippen molar-refractivity contribution in [3.63, 3.8) is 0 Å². The normalized spacial score (nSPS) is 10.2. The quantitative estimate of drug-likeness (QED) is 0.773. The zero-order valence-corrected chi connectivity index (χ0v) is 12.8. The van der Waals surface area contributed by atoms with Crippen LogP contribution in [-0.4, -0.2) is 66.5 Å². The van der Waals surface area contributed by atoms with Gasteiger partial charge in [0.1, 0.15) is 0 Å².